The monoisotopic (exact) mass is 209 g/mol. The fourth-order valence-corrected chi connectivity index (χ4v) is 1.27. The van der Waals surface area contributed by atoms with E-state index in [-0.39, 0.29) is 16.8 Å². The standard InChI is InChI=1S/C7H7N5O3/c1-11(8)4-2-3-5(12(13)14)7-6(4)9-10-15-7/h2-3H,8H2,1H3. The summed E-state index contributed by atoms with van der Waals surface area (Å²) >= 11 is 0. The van der Waals surface area contributed by atoms with Gasteiger partial charge in [-0.3, -0.25) is 10.1 Å². The Morgan fingerprint density at radius 2 is 2.33 bits per heavy atom. The van der Waals surface area contributed by atoms with Crippen LogP contribution in [0.5, 0.6) is 0 Å². The average Bonchev–Trinajstić information content (AvgIpc) is 2.63. The van der Waals surface area contributed by atoms with Gasteiger partial charge >= 0.3 is 5.69 Å². The van der Waals surface area contributed by atoms with E-state index < -0.39 is 4.92 Å². The molecule has 0 saturated carbocycles. The third-order valence-corrected chi connectivity index (χ3v) is 1.94. The summed E-state index contributed by atoms with van der Waals surface area (Å²) in [7, 11) is 1.59. The SMILES string of the molecule is CN(N)c1ccc([N+](=O)[O-])c2onnc12. The molecule has 1 aromatic heterocycles. The van der Waals surface area contributed by atoms with Gasteiger partial charge in [0, 0.05) is 18.4 Å². The van der Waals surface area contributed by atoms with E-state index in [1.54, 1.807) is 7.05 Å². The topological polar surface area (TPSA) is 111 Å². The number of hydrazine groups is 1. The zero-order valence-electron chi connectivity index (χ0n) is 7.75. The van der Waals surface area contributed by atoms with Crippen molar-refractivity contribution in [2.24, 2.45) is 5.84 Å². The van der Waals surface area contributed by atoms with Crippen LogP contribution in [0.25, 0.3) is 11.1 Å². The largest absolute Gasteiger partial charge is 0.329 e. The normalized spacial score (nSPS) is 10.5. The number of nitrogens with zero attached hydrogens (tertiary/aromatic N) is 4. The molecule has 8 nitrogen and oxygen atoms in total. The summed E-state index contributed by atoms with van der Waals surface area (Å²) in [4.78, 5) is 10.1. The number of nitro benzene ring substituents is 1. The van der Waals surface area contributed by atoms with Gasteiger partial charge in [0.1, 0.15) is 0 Å². The highest BCUT2D eigenvalue weighted by atomic mass is 16.6. The average molecular weight is 209 g/mol. The molecule has 1 aromatic carbocycles. The summed E-state index contributed by atoms with van der Waals surface area (Å²) in [5, 5.41) is 18.8. The molecule has 0 fully saturated rings. The Kier molecular flexibility index (Phi) is 1.97. The van der Waals surface area contributed by atoms with E-state index in [0.29, 0.717) is 5.69 Å². The maximum atomic E-state index is 10.6. The van der Waals surface area contributed by atoms with E-state index in [2.05, 4.69) is 10.4 Å². The van der Waals surface area contributed by atoms with Gasteiger partial charge in [0.15, 0.2) is 5.52 Å². The number of fused-ring (bicyclic) bond motifs is 1. The quantitative estimate of drug-likeness (QED) is 0.433. The van der Waals surface area contributed by atoms with Crippen LogP contribution in [0.3, 0.4) is 0 Å². The van der Waals surface area contributed by atoms with Gasteiger partial charge in [0.05, 0.1) is 10.6 Å². The van der Waals surface area contributed by atoms with Crippen LogP contribution in [0, 0.1) is 10.1 Å². The Morgan fingerprint density at radius 1 is 1.60 bits per heavy atom. The van der Waals surface area contributed by atoms with E-state index in [4.69, 9.17) is 10.4 Å². The molecule has 2 N–H and O–H groups in total. The summed E-state index contributed by atoms with van der Waals surface area (Å²) in [5.74, 6) is 5.52. The molecule has 8 heteroatoms. The number of benzene rings is 1. The molecule has 2 rings (SSSR count). The molecule has 0 bridgehead atoms. The Bertz CT molecular complexity index is 520. The molecule has 0 unspecified atom stereocenters. The minimum absolute atomic E-state index is 0.0230. The van der Waals surface area contributed by atoms with E-state index in [1.165, 1.54) is 17.1 Å². The molecule has 0 aliphatic rings. The minimum atomic E-state index is -0.560. The van der Waals surface area contributed by atoms with Crippen LogP contribution >= 0.6 is 0 Å². The van der Waals surface area contributed by atoms with Crippen molar-refractivity contribution < 1.29 is 9.45 Å². The number of hydrogen-bond donors (Lipinski definition) is 1. The number of non-ortho nitro benzene ring substituents is 1. The molecule has 0 aliphatic heterocycles. The predicted octanol–water partition coefficient (Wildman–Crippen LogP) is 0.441. The molecular weight excluding hydrogens is 202 g/mol. The lowest BCUT2D eigenvalue weighted by Crippen LogP contribution is -2.25. The van der Waals surface area contributed by atoms with Gasteiger partial charge in [-0.2, -0.15) is 0 Å². The number of aromatic nitrogens is 2. The second kappa shape index (κ2) is 3.17. The molecule has 1 heterocycles. The second-order valence-electron chi connectivity index (χ2n) is 2.92. The minimum Gasteiger partial charge on any atom is -0.329 e. The van der Waals surface area contributed by atoms with Gasteiger partial charge < -0.3 is 9.53 Å². The highest BCUT2D eigenvalue weighted by Gasteiger charge is 2.20. The molecule has 2 aromatic rings. The van der Waals surface area contributed by atoms with Gasteiger partial charge in [-0.25, -0.2) is 5.84 Å². The maximum absolute atomic E-state index is 10.6. The van der Waals surface area contributed by atoms with Crippen molar-refractivity contribution in [2.75, 3.05) is 12.1 Å². The molecule has 0 aliphatic carbocycles. The molecule has 15 heavy (non-hydrogen) atoms. The van der Waals surface area contributed by atoms with Crippen LogP contribution in [0.1, 0.15) is 0 Å². The first kappa shape index (κ1) is 9.34. The number of hydrogen-bond acceptors (Lipinski definition) is 7. The summed E-state index contributed by atoms with van der Waals surface area (Å²) in [6.45, 7) is 0. The summed E-state index contributed by atoms with van der Waals surface area (Å²) in [6.07, 6.45) is 0. The summed E-state index contributed by atoms with van der Waals surface area (Å²) in [6, 6.07) is 2.79. The maximum Gasteiger partial charge on any atom is 0.316 e. The molecule has 0 saturated heterocycles. The van der Waals surface area contributed by atoms with Crippen molar-refractivity contribution in [1.29, 1.82) is 0 Å². The van der Waals surface area contributed by atoms with Crippen LogP contribution in [-0.2, 0) is 0 Å². The number of nitro groups is 1. The van der Waals surface area contributed by atoms with E-state index in [0.717, 1.165) is 0 Å². The highest BCUT2D eigenvalue weighted by molar-refractivity contribution is 5.92. The Balaban J connectivity index is 2.76. The zero-order valence-corrected chi connectivity index (χ0v) is 7.75. The van der Waals surface area contributed by atoms with Crippen LogP contribution in [0.15, 0.2) is 16.7 Å². The highest BCUT2D eigenvalue weighted by Crippen LogP contribution is 2.30. The molecular formula is C7H7N5O3. The second-order valence-corrected chi connectivity index (χ2v) is 2.92. The van der Waals surface area contributed by atoms with Gasteiger partial charge in [0.25, 0.3) is 5.58 Å². The lowest BCUT2D eigenvalue weighted by molar-refractivity contribution is -0.383. The molecule has 0 spiro atoms. The van der Waals surface area contributed by atoms with Crippen molar-refractivity contribution in [3.05, 3.63) is 22.2 Å². The van der Waals surface area contributed by atoms with Crippen molar-refractivity contribution in [2.45, 2.75) is 0 Å². The van der Waals surface area contributed by atoms with Crippen molar-refractivity contribution in [3.63, 3.8) is 0 Å². The molecule has 0 radical (unpaired) electrons. The van der Waals surface area contributed by atoms with Gasteiger partial charge in [-0.05, 0) is 6.07 Å². The van der Waals surface area contributed by atoms with Gasteiger partial charge in [-0.15, -0.1) is 5.10 Å². The first-order chi connectivity index (χ1) is 7.11. The van der Waals surface area contributed by atoms with Crippen molar-refractivity contribution in [1.82, 2.24) is 10.4 Å². The fourth-order valence-electron chi connectivity index (χ4n) is 1.27. The number of rotatable bonds is 2. The van der Waals surface area contributed by atoms with E-state index in [1.807, 2.05) is 0 Å². The summed E-state index contributed by atoms with van der Waals surface area (Å²) < 4.78 is 4.72. The smallest absolute Gasteiger partial charge is 0.316 e. The lowest BCUT2D eigenvalue weighted by atomic mass is 10.2. The molecule has 0 atom stereocenters. The molecule has 0 amide bonds. The third-order valence-electron chi connectivity index (χ3n) is 1.94. The van der Waals surface area contributed by atoms with Crippen LogP contribution < -0.4 is 10.9 Å². The van der Waals surface area contributed by atoms with Gasteiger partial charge in [0.2, 0.25) is 0 Å². The van der Waals surface area contributed by atoms with Crippen molar-refractivity contribution >= 4 is 22.5 Å². The zero-order chi connectivity index (χ0) is 11.0. The number of anilines is 1. The Labute approximate surface area is 83.4 Å². The van der Waals surface area contributed by atoms with E-state index in [9.17, 15) is 10.1 Å². The van der Waals surface area contributed by atoms with Crippen LogP contribution in [0.4, 0.5) is 11.4 Å². The number of nitrogens with two attached hydrogens (primary N) is 1. The van der Waals surface area contributed by atoms with Crippen LogP contribution in [-0.4, -0.2) is 22.3 Å². The predicted molar refractivity (Wildman–Crippen MR) is 51.0 cm³/mol. The van der Waals surface area contributed by atoms with E-state index >= 15 is 0 Å². The first-order valence-electron chi connectivity index (χ1n) is 3.99. The lowest BCUT2D eigenvalue weighted by Gasteiger charge is -2.10. The molecule has 78 valence electrons. The van der Waals surface area contributed by atoms with Crippen molar-refractivity contribution in [3.8, 4) is 0 Å². The summed E-state index contributed by atoms with van der Waals surface area (Å²) in [5.41, 5.74) is 0.626. The van der Waals surface area contributed by atoms with Gasteiger partial charge in [-0.1, -0.05) is 0 Å². The first-order valence-corrected chi connectivity index (χ1v) is 3.99. The third kappa shape index (κ3) is 1.36. The fraction of sp³-hybridized carbons (Fsp3) is 0.143. The van der Waals surface area contributed by atoms with Crippen LogP contribution in [0.2, 0.25) is 0 Å². The Morgan fingerprint density at radius 3 is 2.93 bits per heavy atom. The Hall–Kier alpha value is -2.22.